The molecular formula is C10H14N2. The molecule has 0 radical (unpaired) electrons. The predicted molar refractivity (Wildman–Crippen MR) is 48.6 cm³/mol. The second kappa shape index (κ2) is 2.87. The van der Waals surface area contributed by atoms with Crippen LogP contribution in [-0.4, -0.2) is 4.98 Å². The van der Waals surface area contributed by atoms with E-state index in [-0.39, 0.29) is 6.04 Å². The standard InChI is InChI=1S/C10H14N2/c1-7-4-5-12-9(6-7)10(11)8-2-3-8/h4-6,8,10H,2-3,11H2,1H3/t10-/m1/s1. The Morgan fingerprint density at radius 1 is 1.58 bits per heavy atom. The zero-order valence-electron chi connectivity index (χ0n) is 7.33. The molecule has 2 heteroatoms. The van der Waals surface area contributed by atoms with Crippen LogP contribution in [0.25, 0.3) is 0 Å². The number of pyridine rings is 1. The Morgan fingerprint density at radius 3 is 2.92 bits per heavy atom. The second-order valence-electron chi connectivity index (χ2n) is 3.62. The minimum absolute atomic E-state index is 0.171. The summed E-state index contributed by atoms with van der Waals surface area (Å²) in [5.41, 5.74) is 8.31. The first-order chi connectivity index (χ1) is 5.77. The summed E-state index contributed by atoms with van der Waals surface area (Å²) < 4.78 is 0. The molecule has 2 N–H and O–H groups in total. The molecule has 1 fully saturated rings. The summed E-state index contributed by atoms with van der Waals surface area (Å²) in [4.78, 5) is 4.28. The fourth-order valence-corrected chi connectivity index (χ4v) is 1.44. The number of rotatable bonds is 2. The van der Waals surface area contributed by atoms with E-state index in [0.717, 1.165) is 5.69 Å². The van der Waals surface area contributed by atoms with Gasteiger partial charge in [-0.2, -0.15) is 0 Å². The minimum Gasteiger partial charge on any atom is -0.322 e. The lowest BCUT2D eigenvalue weighted by Gasteiger charge is -2.09. The van der Waals surface area contributed by atoms with Gasteiger partial charge in [0, 0.05) is 12.2 Å². The Kier molecular flexibility index (Phi) is 1.85. The Hall–Kier alpha value is -0.890. The number of aromatic nitrogens is 1. The summed E-state index contributed by atoms with van der Waals surface area (Å²) in [7, 11) is 0. The summed E-state index contributed by atoms with van der Waals surface area (Å²) in [5.74, 6) is 0.694. The van der Waals surface area contributed by atoms with E-state index in [1.54, 1.807) is 0 Å². The third-order valence-electron chi connectivity index (χ3n) is 2.41. The van der Waals surface area contributed by atoms with Crippen molar-refractivity contribution >= 4 is 0 Å². The number of aryl methyl sites for hydroxylation is 1. The molecule has 0 bridgehead atoms. The van der Waals surface area contributed by atoms with Crippen molar-refractivity contribution in [1.82, 2.24) is 4.98 Å². The first-order valence-corrected chi connectivity index (χ1v) is 4.45. The summed E-state index contributed by atoms with van der Waals surface area (Å²) in [6, 6.07) is 4.26. The van der Waals surface area contributed by atoms with Gasteiger partial charge in [-0.25, -0.2) is 0 Å². The molecule has 1 saturated carbocycles. The molecule has 1 atom stereocenters. The van der Waals surface area contributed by atoms with Gasteiger partial charge in [0.05, 0.1) is 5.69 Å². The van der Waals surface area contributed by atoms with E-state index in [2.05, 4.69) is 18.0 Å². The van der Waals surface area contributed by atoms with E-state index < -0.39 is 0 Å². The van der Waals surface area contributed by atoms with Gasteiger partial charge < -0.3 is 5.73 Å². The van der Waals surface area contributed by atoms with Gasteiger partial charge in [0.25, 0.3) is 0 Å². The van der Waals surface area contributed by atoms with Crippen molar-refractivity contribution < 1.29 is 0 Å². The van der Waals surface area contributed by atoms with Crippen LogP contribution in [0, 0.1) is 12.8 Å². The van der Waals surface area contributed by atoms with Gasteiger partial charge in [-0.1, -0.05) is 0 Å². The highest BCUT2D eigenvalue weighted by Crippen LogP contribution is 2.38. The molecule has 0 aromatic carbocycles. The van der Waals surface area contributed by atoms with E-state index in [4.69, 9.17) is 5.73 Å². The molecule has 0 amide bonds. The lowest BCUT2D eigenvalue weighted by molar-refractivity contribution is 0.614. The molecule has 2 rings (SSSR count). The molecule has 0 saturated heterocycles. The van der Waals surface area contributed by atoms with Crippen LogP contribution in [0.3, 0.4) is 0 Å². The third-order valence-corrected chi connectivity index (χ3v) is 2.41. The largest absolute Gasteiger partial charge is 0.322 e. The summed E-state index contributed by atoms with van der Waals surface area (Å²) in [6.07, 6.45) is 4.39. The Morgan fingerprint density at radius 2 is 2.33 bits per heavy atom. The molecule has 1 heterocycles. The second-order valence-corrected chi connectivity index (χ2v) is 3.62. The van der Waals surface area contributed by atoms with Gasteiger partial charge in [0.15, 0.2) is 0 Å². The maximum atomic E-state index is 6.01. The molecule has 1 aromatic heterocycles. The summed E-state index contributed by atoms with van der Waals surface area (Å²) >= 11 is 0. The van der Waals surface area contributed by atoms with Crippen LogP contribution in [0.2, 0.25) is 0 Å². The van der Waals surface area contributed by atoms with Gasteiger partial charge in [0.2, 0.25) is 0 Å². The Labute approximate surface area is 72.8 Å². The van der Waals surface area contributed by atoms with E-state index in [9.17, 15) is 0 Å². The van der Waals surface area contributed by atoms with Crippen molar-refractivity contribution in [2.45, 2.75) is 25.8 Å². The van der Waals surface area contributed by atoms with Crippen LogP contribution in [0.4, 0.5) is 0 Å². The zero-order valence-corrected chi connectivity index (χ0v) is 7.33. The quantitative estimate of drug-likeness (QED) is 0.720. The van der Waals surface area contributed by atoms with E-state index in [1.165, 1.54) is 18.4 Å². The zero-order chi connectivity index (χ0) is 8.55. The maximum absolute atomic E-state index is 6.01. The predicted octanol–water partition coefficient (Wildman–Crippen LogP) is 1.80. The molecule has 0 spiro atoms. The topological polar surface area (TPSA) is 38.9 Å². The molecule has 1 aliphatic rings. The van der Waals surface area contributed by atoms with Crippen molar-refractivity contribution in [3.8, 4) is 0 Å². The molecule has 1 aliphatic carbocycles. The van der Waals surface area contributed by atoms with Crippen LogP contribution in [0.15, 0.2) is 18.3 Å². The highest BCUT2D eigenvalue weighted by atomic mass is 14.8. The highest BCUT2D eigenvalue weighted by molar-refractivity contribution is 5.18. The summed E-state index contributed by atoms with van der Waals surface area (Å²) in [5, 5.41) is 0. The minimum atomic E-state index is 0.171. The van der Waals surface area contributed by atoms with Gasteiger partial charge in [-0.05, 0) is 43.4 Å². The van der Waals surface area contributed by atoms with Crippen molar-refractivity contribution in [2.75, 3.05) is 0 Å². The van der Waals surface area contributed by atoms with Crippen LogP contribution in [0.1, 0.15) is 30.1 Å². The van der Waals surface area contributed by atoms with Gasteiger partial charge in [0.1, 0.15) is 0 Å². The molecule has 2 nitrogen and oxygen atoms in total. The van der Waals surface area contributed by atoms with E-state index >= 15 is 0 Å². The lowest BCUT2D eigenvalue weighted by Crippen LogP contribution is -2.13. The monoisotopic (exact) mass is 162 g/mol. The smallest absolute Gasteiger partial charge is 0.0576 e. The molecule has 1 aromatic rings. The van der Waals surface area contributed by atoms with Crippen LogP contribution < -0.4 is 5.73 Å². The SMILES string of the molecule is Cc1ccnc([C@H](N)C2CC2)c1. The van der Waals surface area contributed by atoms with Crippen LogP contribution in [0.5, 0.6) is 0 Å². The van der Waals surface area contributed by atoms with Crippen molar-refractivity contribution in [3.05, 3.63) is 29.6 Å². The van der Waals surface area contributed by atoms with Gasteiger partial charge in [-0.15, -0.1) is 0 Å². The fraction of sp³-hybridized carbons (Fsp3) is 0.500. The van der Waals surface area contributed by atoms with Crippen LogP contribution in [-0.2, 0) is 0 Å². The van der Waals surface area contributed by atoms with Crippen molar-refractivity contribution in [3.63, 3.8) is 0 Å². The Bertz CT molecular complexity index is 279. The Balaban J connectivity index is 2.20. The first-order valence-electron chi connectivity index (χ1n) is 4.45. The number of nitrogens with two attached hydrogens (primary N) is 1. The molecule has 12 heavy (non-hydrogen) atoms. The molecular weight excluding hydrogens is 148 g/mol. The average Bonchev–Trinajstić information content (AvgIpc) is 2.85. The third kappa shape index (κ3) is 1.48. The fourth-order valence-electron chi connectivity index (χ4n) is 1.44. The number of hydrogen-bond acceptors (Lipinski definition) is 2. The van der Waals surface area contributed by atoms with Crippen LogP contribution >= 0.6 is 0 Å². The maximum Gasteiger partial charge on any atom is 0.0576 e. The summed E-state index contributed by atoms with van der Waals surface area (Å²) in [6.45, 7) is 2.07. The first kappa shape index (κ1) is 7.74. The molecule has 64 valence electrons. The van der Waals surface area contributed by atoms with Crippen molar-refractivity contribution in [2.24, 2.45) is 11.7 Å². The molecule has 0 aliphatic heterocycles. The van der Waals surface area contributed by atoms with E-state index in [1.807, 2.05) is 12.3 Å². The number of hydrogen-bond donors (Lipinski definition) is 1. The molecule has 0 unspecified atom stereocenters. The highest BCUT2D eigenvalue weighted by Gasteiger charge is 2.30. The van der Waals surface area contributed by atoms with Gasteiger partial charge >= 0.3 is 0 Å². The van der Waals surface area contributed by atoms with E-state index in [0.29, 0.717) is 5.92 Å². The normalized spacial score (nSPS) is 19.2. The average molecular weight is 162 g/mol. The van der Waals surface area contributed by atoms with Gasteiger partial charge in [-0.3, -0.25) is 4.98 Å². The lowest BCUT2D eigenvalue weighted by atomic mass is 10.1. The van der Waals surface area contributed by atoms with Crippen molar-refractivity contribution in [1.29, 1.82) is 0 Å². The number of nitrogens with zero attached hydrogens (tertiary/aromatic N) is 1.